The maximum atomic E-state index is 12.7. The molecule has 1 aromatic carbocycles. The number of likely N-dealkylation sites (N-methyl/N-ethyl adjacent to an activating group) is 1. The minimum atomic E-state index is -0.447. The third kappa shape index (κ3) is 5.33. The van der Waals surface area contributed by atoms with Gasteiger partial charge >= 0.3 is 5.69 Å². The van der Waals surface area contributed by atoms with Crippen molar-refractivity contribution in [1.29, 1.82) is 0 Å². The molecule has 33 heavy (non-hydrogen) atoms. The molecule has 0 aliphatic heterocycles. The average Bonchev–Trinajstić information content (AvgIpc) is 3.17. The van der Waals surface area contributed by atoms with Gasteiger partial charge in [-0.05, 0) is 32.0 Å². The maximum Gasteiger partial charge on any atom is 0.330 e. The van der Waals surface area contributed by atoms with Crippen molar-refractivity contribution in [1.82, 2.24) is 24.0 Å². The molecular weight excluding hydrogens is 424 g/mol. The number of amides is 1. The lowest BCUT2D eigenvalue weighted by Gasteiger charge is -2.20. The Labute approximate surface area is 192 Å². The molecule has 0 aliphatic carbocycles. The van der Waals surface area contributed by atoms with E-state index in [2.05, 4.69) is 15.3 Å². The van der Waals surface area contributed by atoms with Crippen molar-refractivity contribution in [3.05, 3.63) is 50.9 Å². The number of nitrogens with one attached hydrogen (secondary N) is 2. The van der Waals surface area contributed by atoms with Crippen LogP contribution in [0.4, 0.5) is 5.69 Å². The van der Waals surface area contributed by atoms with Gasteiger partial charge < -0.3 is 14.6 Å². The zero-order valence-corrected chi connectivity index (χ0v) is 19.7. The van der Waals surface area contributed by atoms with E-state index < -0.39 is 11.2 Å². The Hall–Kier alpha value is -3.40. The fourth-order valence-electron chi connectivity index (χ4n) is 3.82. The zero-order valence-electron chi connectivity index (χ0n) is 19.7. The molecule has 0 aliphatic rings. The highest BCUT2D eigenvalue weighted by Crippen LogP contribution is 2.23. The Morgan fingerprint density at radius 3 is 2.61 bits per heavy atom. The zero-order chi connectivity index (χ0) is 24.0. The van der Waals surface area contributed by atoms with E-state index in [1.54, 1.807) is 19.2 Å². The number of benzene rings is 1. The lowest BCUT2D eigenvalue weighted by atomic mass is 10.3. The maximum absolute atomic E-state index is 12.7. The number of ether oxygens (including phenoxy) is 1. The fraction of sp³-hybridized carbons (Fsp3) is 0.478. The molecule has 0 bridgehead atoms. The number of aromatic amines is 1. The lowest BCUT2D eigenvalue weighted by molar-refractivity contribution is -0.117. The monoisotopic (exact) mass is 456 g/mol. The molecule has 2 aromatic heterocycles. The van der Waals surface area contributed by atoms with Crippen LogP contribution in [0.15, 0.2) is 33.9 Å². The number of carbonyl (C=O) groups excluding carboxylic acids is 1. The molecule has 0 spiro atoms. The molecule has 0 atom stereocenters. The number of imidazole rings is 1. The van der Waals surface area contributed by atoms with Gasteiger partial charge in [-0.25, -0.2) is 9.78 Å². The Morgan fingerprint density at radius 2 is 1.94 bits per heavy atom. The summed E-state index contributed by atoms with van der Waals surface area (Å²) in [5, 5.41) is 2.88. The largest absolute Gasteiger partial charge is 0.495 e. The normalized spacial score (nSPS) is 11.3. The third-order valence-electron chi connectivity index (χ3n) is 5.58. The summed E-state index contributed by atoms with van der Waals surface area (Å²) in [6, 6.07) is 7.23. The van der Waals surface area contributed by atoms with Gasteiger partial charge in [0.15, 0.2) is 11.2 Å². The second-order valence-electron chi connectivity index (χ2n) is 7.76. The number of rotatable bonds is 11. The first-order valence-corrected chi connectivity index (χ1v) is 11.3. The summed E-state index contributed by atoms with van der Waals surface area (Å²) >= 11 is 0. The van der Waals surface area contributed by atoms with E-state index >= 15 is 0 Å². The number of hydrogen-bond donors (Lipinski definition) is 2. The van der Waals surface area contributed by atoms with Crippen LogP contribution >= 0.6 is 0 Å². The quantitative estimate of drug-likeness (QED) is 0.457. The molecule has 2 N–H and O–H groups in total. The number of carbonyl (C=O) groups is 1. The fourth-order valence-corrected chi connectivity index (χ4v) is 3.82. The Balaban J connectivity index is 1.87. The van der Waals surface area contributed by atoms with Gasteiger partial charge in [0.1, 0.15) is 11.6 Å². The lowest BCUT2D eigenvalue weighted by Crippen LogP contribution is -2.33. The first-order chi connectivity index (χ1) is 15.9. The van der Waals surface area contributed by atoms with Crippen LogP contribution in [0.1, 0.15) is 39.4 Å². The van der Waals surface area contributed by atoms with Crippen molar-refractivity contribution in [3.8, 4) is 5.75 Å². The minimum Gasteiger partial charge on any atom is -0.495 e. The average molecular weight is 457 g/mol. The second-order valence-corrected chi connectivity index (χ2v) is 7.76. The van der Waals surface area contributed by atoms with Gasteiger partial charge in [0.05, 0.1) is 25.9 Å². The van der Waals surface area contributed by atoms with Crippen molar-refractivity contribution in [2.75, 3.05) is 25.5 Å². The highest BCUT2D eigenvalue weighted by Gasteiger charge is 2.20. The molecule has 0 unspecified atom stereocenters. The smallest absolute Gasteiger partial charge is 0.330 e. The molecular formula is C23H32N6O4. The topological polar surface area (TPSA) is 114 Å². The van der Waals surface area contributed by atoms with Gasteiger partial charge in [0.25, 0.3) is 5.56 Å². The molecule has 10 heteroatoms. The van der Waals surface area contributed by atoms with Crippen LogP contribution in [0.2, 0.25) is 0 Å². The highest BCUT2D eigenvalue weighted by atomic mass is 16.5. The predicted molar refractivity (Wildman–Crippen MR) is 128 cm³/mol. The van der Waals surface area contributed by atoms with Gasteiger partial charge in [0.2, 0.25) is 5.91 Å². The van der Waals surface area contributed by atoms with Crippen LogP contribution in [-0.4, -0.2) is 50.1 Å². The standard InChI is InChI=1S/C23H32N6O4/c1-5-8-13-29-21-20(22(31)26-23(29)32)28(7-3)18(25-21)14-27(6-2)15-19(30)24-16-11-9-10-12-17(16)33-4/h9-12H,5-8,13-15H2,1-4H3,(H,24,30)(H,26,31,32). The van der Waals surface area contributed by atoms with E-state index in [1.165, 1.54) is 4.57 Å². The van der Waals surface area contributed by atoms with Crippen molar-refractivity contribution in [2.24, 2.45) is 0 Å². The molecule has 2 heterocycles. The van der Waals surface area contributed by atoms with E-state index in [-0.39, 0.29) is 12.5 Å². The van der Waals surface area contributed by atoms with Gasteiger partial charge in [-0.2, -0.15) is 0 Å². The third-order valence-corrected chi connectivity index (χ3v) is 5.58. The van der Waals surface area contributed by atoms with Crippen molar-refractivity contribution < 1.29 is 9.53 Å². The van der Waals surface area contributed by atoms with E-state index in [1.807, 2.05) is 42.4 Å². The number of anilines is 1. The minimum absolute atomic E-state index is 0.139. The Morgan fingerprint density at radius 1 is 1.18 bits per heavy atom. The summed E-state index contributed by atoms with van der Waals surface area (Å²) in [5.41, 5.74) is 0.492. The molecule has 10 nitrogen and oxygen atoms in total. The summed E-state index contributed by atoms with van der Waals surface area (Å²) in [5.74, 6) is 1.05. The number of hydrogen-bond acceptors (Lipinski definition) is 6. The van der Waals surface area contributed by atoms with Gasteiger partial charge in [-0.1, -0.05) is 32.4 Å². The first-order valence-electron chi connectivity index (χ1n) is 11.3. The molecule has 0 radical (unpaired) electrons. The van der Waals surface area contributed by atoms with Crippen molar-refractivity contribution in [3.63, 3.8) is 0 Å². The Kier molecular flexibility index (Phi) is 8.05. The molecule has 0 fully saturated rings. The summed E-state index contributed by atoms with van der Waals surface area (Å²) in [4.78, 5) is 46.7. The number of nitrogens with zero attached hydrogens (tertiary/aromatic N) is 4. The number of fused-ring (bicyclic) bond motifs is 1. The molecule has 1 amide bonds. The van der Waals surface area contributed by atoms with Crippen molar-refractivity contribution >= 4 is 22.8 Å². The number of aryl methyl sites for hydroxylation is 2. The van der Waals surface area contributed by atoms with E-state index in [9.17, 15) is 14.4 Å². The van der Waals surface area contributed by atoms with Crippen LogP contribution in [0, 0.1) is 0 Å². The van der Waals surface area contributed by atoms with Gasteiger partial charge in [-0.3, -0.25) is 24.0 Å². The van der Waals surface area contributed by atoms with Crippen LogP contribution in [-0.2, 0) is 24.4 Å². The SMILES string of the molecule is CCCCn1c(=O)[nH]c(=O)c2c1nc(CN(CC)CC(=O)Nc1ccccc1OC)n2CC. The van der Waals surface area contributed by atoms with Gasteiger partial charge in [0, 0.05) is 13.1 Å². The summed E-state index contributed by atoms with van der Waals surface area (Å²) in [7, 11) is 1.56. The van der Waals surface area contributed by atoms with Crippen LogP contribution < -0.4 is 21.3 Å². The molecule has 0 saturated carbocycles. The molecule has 0 saturated heterocycles. The molecule has 3 rings (SSSR count). The van der Waals surface area contributed by atoms with Crippen LogP contribution in [0.5, 0.6) is 5.75 Å². The van der Waals surface area contributed by atoms with E-state index in [0.717, 1.165) is 12.8 Å². The number of aromatic nitrogens is 4. The van der Waals surface area contributed by atoms with Gasteiger partial charge in [-0.15, -0.1) is 0 Å². The second kappa shape index (κ2) is 11.0. The first kappa shape index (κ1) is 24.2. The van der Waals surface area contributed by atoms with Crippen LogP contribution in [0.25, 0.3) is 11.2 Å². The van der Waals surface area contributed by atoms with Crippen LogP contribution in [0.3, 0.4) is 0 Å². The summed E-state index contributed by atoms with van der Waals surface area (Å²) < 4.78 is 8.64. The van der Waals surface area contributed by atoms with E-state index in [0.29, 0.717) is 54.6 Å². The predicted octanol–water partition coefficient (Wildman–Crippen LogP) is 2.18. The number of unbranched alkanes of at least 4 members (excludes halogenated alkanes) is 1. The number of para-hydroxylation sites is 2. The molecule has 3 aromatic rings. The van der Waals surface area contributed by atoms with Crippen molar-refractivity contribution in [2.45, 2.75) is 53.2 Å². The summed E-state index contributed by atoms with van der Waals surface area (Å²) in [6.07, 6.45) is 1.72. The summed E-state index contributed by atoms with van der Waals surface area (Å²) in [6.45, 7) is 8.04. The Bertz CT molecular complexity index is 1230. The number of methoxy groups -OCH3 is 1. The highest BCUT2D eigenvalue weighted by molar-refractivity contribution is 5.93. The number of H-pyrrole nitrogens is 1. The van der Waals surface area contributed by atoms with E-state index in [4.69, 9.17) is 4.74 Å². The molecule has 178 valence electrons.